The van der Waals surface area contributed by atoms with Crippen molar-refractivity contribution in [1.29, 1.82) is 10.5 Å². The summed E-state index contributed by atoms with van der Waals surface area (Å²) in [5.74, 6) is 0. The van der Waals surface area contributed by atoms with Crippen LogP contribution in [-0.2, 0) is 0 Å². The Hall–Kier alpha value is -4.53. The van der Waals surface area contributed by atoms with Crippen LogP contribution in [0.2, 0.25) is 10.2 Å². The molecule has 0 aliphatic rings. The molecule has 0 aliphatic carbocycles. The van der Waals surface area contributed by atoms with Crippen molar-refractivity contribution >= 4 is 39.8 Å². The molecule has 0 aliphatic heterocycles. The minimum absolute atomic E-state index is 0.156. The first-order valence-electron chi connectivity index (χ1n) is 10.6. The quantitative estimate of drug-likeness (QED) is 0.238. The maximum atomic E-state index is 10.4. The first-order chi connectivity index (χ1) is 17.1. The Labute approximate surface area is 212 Å². The van der Waals surface area contributed by atoms with Gasteiger partial charge in [0.2, 0.25) is 5.69 Å². The normalized spacial score (nSPS) is 10.5. The van der Waals surface area contributed by atoms with Crippen LogP contribution in [0.5, 0.6) is 0 Å². The zero-order valence-electron chi connectivity index (χ0n) is 18.1. The van der Waals surface area contributed by atoms with Gasteiger partial charge in [0, 0.05) is 16.5 Å². The van der Waals surface area contributed by atoms with Crippen molar-refractivity contribution < 1.29 is 0 Å². The summed E-state index contributed by atoms with van der Waals surface area (Å²) in [6.07, 6.45) is 0. The molecule has 0 saturated heterocycles. The standard InChI is InChI=1S/C29H14Cl2N4/c1-34-27-25(19-12-6-3-7-13-19)21(16-32)24(18-10-4-2-5-11-18)22(17-33)28(27)35-23-15-9-8-14-20(23)26(30)29(35)31/h2-15H. The van der Waals surface area contributed by atoms with Gasteiger partial charge in [0.1, 0.15) is 11.2 Å². The Morgan fingerprint density at radius 1 is 0.714 bits per heavy atom. The highest BCUT2D eigenvalue weighted by atomic mass is 35.5. The van der Waals surface area contributed by atoms with Gasteiger partial charge < -0.3 is 4.57 Å². The molecule has 0 radical (unpaired) electrons. The zero-order chi connectivity index (χ0) is 24.5. The topological polar surface area (TPSA) is 56.9 Å². The Kier molecular flexibility index (Phi) is 5.74. The Morgan fingerprint density at radius 3 is 1.83 bits per heavy atom. The summed E-state index contributed by atoms with van der Waals surface area (Å²) in [6, 6.07) is 30.4. The van der Waals surface area contributed by atoms with Gasteiger partial charge in [0.25, 0.3) is 0 Å². The number of rotatable bonds is 3. The predicted octanol–water partition coefficient (Wildman–Crippen LogP) is 8.57. The van der Waals surface area contributed by atoms with Crippen molar-refractivity contribution in [3.8, 4) is 40.1 Å². The molecule has 0 amide bonds. The monoisotopic (exact) mass is 488 g/mol. The average molecular weight is 489 g/mol. The molecular formula is C29H14Cl2N4. The van der Waals surface area contributed by atoms with Crippen LogP contribution in [0, 0.1) is 29.2 Å². The Balaban J connectivity index is 2.09. The van der Waals surface area contributed by atoms with Gasteiger partial charge in [-0.05, 0) is 17.2 Å². The second-order valence-electron chi connectivity index (χ2n) is 7.72. The van der Waals surface area contributed by atoms with E-state index < -0.39 is 0 Å². The number of hydrogen-bond acceptors (Lipinski definition) is 2. The third-order valence-electron chi connectivity index (χ3n) is 5.89. The van der Waals surface area contributed by atoms with E-state index in [1.807, 2.05) is 84.9 Å². The molecule has 1 heterocycles. The second-order valence-corrected chi connectivity index (χ2v) is 8.46. The Bertz CT molecular complexity index is 1650. The molecule has 164 valence electrons. The molecule has 0 atom stereocenters. The number of nitrogens with zero attached hydrogens (tertiary/aromatic N) is 4. The molecule has 1 aromatic heterocycles. The maximum absolute atomic E-state index is 10.4. The smallest absolute Gasteiger partial charge is 0.220 e. The van der Waals surface area contributed by atoms with E-state index in [2.05, 4.69) is 17.0 Å². The lowest BCUT2D eigenvalue weighted by atomic mass is 9.86. The lowest BCUT2D eigenvalue weighted by molar-refractivity contribution is 1.12. The largest absolute Gasteiger partial charge is 0.307 e. The van der Waals surface area contributed by atoms with Crippen molar-refractivity contribution in [3.63, 3.8) is 0 Å². The van der Waals surface area contributed by atoms with Crippen LogP contribution in [0.3, 0.4) is 0 Å². The highest BCUT2D eigenvalue weighted by Gasteiger charge is 2.29. The maximum Gasteiger partial charge on any atom is 0.220 e. The summed E-state index contributed by atoms with van der Waals surface area (Å²) in [6.45, 7) is 8.14. The lowest BCUT2D eigenvalue weighted by Crippen LogP contribution is -2.05. The van der Waals surface area contributed by atoms with Gasteiger partial charge in [0.05, 0.1) is 40.0 Å². The molecule has 5 rings (SSSR count). The lowest BCUT2D eigenvalue weighted by Gasteiger charge is -2.21. The van der Waals surface area contributed by atoms with Crippen LogP contribution < -0.4 is 0 Å². The van der Waals surface area contributed by atoms with Gasteiger partial charge >= 0.3 is 0 Å². The van der Waals surface area contributed by atoms with Crippen LogP contribution >= 0.6 is 23.2 Å². The van der Waals surface area contributed by atoms with Crippen LogP contribution in [0.15, 0.2) is 84.9 Å². The summed E-state index contributed by atoms with van der Waals surface area (Å²) < 4.78 is 1.64. The fourth-order valence-corrected chi connectivity index (χ4v) is 4.96. The van der Waals surface area contributed by atoms with E-state index >= 15 is 0 Å². The van der Waals surface area contributed by atoms with E-state index in [9.17, 15) is 10.5 Å². The van der Waals surface area contributed by atoms with Crippen LogP contribution in [0.4, 0.5) is 5.69 Å². The summed E-state index contributed by atoms with van der Waals surface area (Å²) in [5.41, 5.74) is 3.82. The first-order valence-corrected chi connectivity index (χ1v) is 11.3. The fraction of sp³-hybridized carbons (Fsp3) is 0. The molecule has 0 unspecified atom stereocenters. The predicted molar refractivity (Wildman–Crippen MR) is 140 cm³/mol. The fourth-order valence-electron chi connectivity index (χ4n) is 4.44. The molecule has 0 fully saturated rings. The van der Waals surface area contributed by atoms with Crippen molar-refractivity contribution in [2.75, 3.05) is 0 Å². The number of hydrogen-bond donors (Lipinski definition) is 0. The SMILES string of the molecule is [C-]#[N+]c1c(-c2ccccc2)c(C#N)c(-c2ccccc2)c(C#N)c1-n1c(Cl)c(Cl)c2ccccc21. The minimum atomic E-state index is 0.156. The van der Waals surface area contributed by atoms with E-state index in [-0.39, 0.29) is 22.0 Å². The van der Waals surface area contributed by atoms with Crippen molar-refractivity contribution in [2.24, 2.45) is 0 Å². The van der Waals surface area contributed by atoms with E-state index in [1.54, 1.807) is 4.57 Å². The van der Waals surface area contributed by atoms with Gasteiger partial charge in [-0.1, -0.05) is 102 Å². The molecule has 0 N–H and O–H groups in total. The van der Waals surface area contributed by atoms with E-state index in [0.717, 1.165) is 0 Å². The molecule has 6 heteroatoms. The van der Waals surface area contributed by atoms with Crippen LogP contribution in [0.1, 0.15) is 11.1 Å². The highest BCUT2D eigenvalue weighted by Crippen LogP contribution is 2.49. The van der Waals surface area contributed by atoms with Gasteiger partial charge in [-0.15, -0.1) is 0 Å². The average Bonchev–Trinajstić information content (AvgIpc) is 3.17. The van der Waals surface area contributed by atoms with Crippen molar-refractivity contribution in [3.05, 3.63) is 118 Å². The molecule has 5 aromatic rings. The minimum Gasteiger partial charge on any atom is -0.307 e. The zero-order valence-corrected chi connectivity index (χ0v) is 19.6. The molecule has 0 bridgehead atoms. The molecule has 4 nitrogen and oxygen atoms in total. The summed E-state index contributed by atoms with van der Waals surface area (Å²) in [4.78, 5) is 3.86. The second kappa shape index (κ2) is 9.02. The molecule has 35 heavy (non-hydrogen) atoms. The van der Waals surface area contributed by atoms with Crippen LogP contribution in [-0.4, -0.2) is 4.57 Å². The van der Waals surface area contributed by atoms with Crippen molar-refractivity contribution in [2.45, 2.75) is 0 Å². The summed E-state index contributed by atoms with van der Waals surface area (Å²) >= 11 is 13.3. The number of nitriles is 2. The van der Waals surface area contributed by atoms with E-state index in [0.29, 0.717) is 43.9 Å². The van der Waals surface area contributed by atoms with Gasteiger partial charge in [0.15, 0.2) is 0 Å². The van der Waals surface area contributed by atoms with Gasteiger partial charge in [-0.3, -0.25) is 0 Å². The molecule has 0 spiro atoms. The number of halogens is 2. The number of fused-ring (bicyclic) bond motifs is 1. The summed E-state index contributed by atoms with van der Waals surface area (Å²) in [7, 11) is 0. The van der Waals surface area contributed by atoms with Crippen LogP contribution in [0.25, 0.3) is 43.7 Å². The van der Waals surface area contributed by atoms with Gasteiger partial charge in [-0.2, -0.15) is 10.5 Å². The van der Waals surface area contributed by atoms with Crippen molar-refractivity contribution in [1.82, 2.24) is 4.57 Å². The first kappa shape index (κ1) is 22.3. The number of para-hydroxylation sites is 1. The summed E-state index contributed by atoms with van der Waals surface area (Å²) in [5, 5.41) is 22.0. The molecule has 4 aromatic carbocycles. The Morgan fingerprint density at radius 2 is 1.26 bits per heavy atom. The van der Waals surface area contributed by atoms with Gasteiger partial charge in [-0.25, -0.2) is 4.85 Å². The van der Waals surface area contributed by atoms with E-state index in [1.165, 1.54) is 0 Å². The third kappa shape index (κ3) is 3.43. The molecule has 0 saturated carbocycles. The number of aromatic nitrogens is 1. The highest BCUT2D eigenvalue weighted by molar-refractivity contribution is 6.45. The van der Waals surface area contributed by atoms with E-state index in [4.69, 9.17) is 29.8 Å². The molecular weight excluding hydrogens is 475 g/mol. The number of benzene rings is 4. The third-order valence-corrected chi connectivity index (χ3v) is 6.73.